The first kappa shape index (κ1) is 15.5. The molecule has 0 amide bonds. The van der Waals surface area contributed by atoms with E-state index >= 15 is 0 Å². The molecule has 0 bridgehead atoms. The van der Waals surface area contributed by atoms with Crippen LogP contribution >= 0.6 is 0 Å². The van der Waals surface area contributed by atoms with Crippen LogP contribution in [0.5, 0.6) is 0 Å². The Morgan fingerprint density at radius 3 is 1.38 bits per heavy atom. The van der Waals surface area contributed by atoms with E-state index in [1.54, 1.807) is 0 Å². The molecule has 1 aromatic rings. The molecule has 0 unspecified atom stereocenters. The van der Waals surface area contributed by atoms with Crippen LogP contribution in [0.1, 0.15) is 0 Å². The molecule has 2 nitrogen and oxygen atoms in total. The number of nitrogens with two attached hydrogens (primary N) is 1. The molecule has 0 aromatic heterocycles. The van der Waals surface area contributed by atoms with Gasteiger partial charge in [0.25, 0.3) is 0 Å². The second-order valence-corrected chi connectivity index (χ2v) is 4.03. The van der Waals surface area contributed by atoms with Crippen LogP contribution in [0.25, 0.3) is 0 Å². The van der Waals surface area contributed by atoms with E-state index in [-0.39, 0.29) is 28.4 Å². The van der Waals surface area contributed by atoms with E-state index in [0.717, 1.165) is 0 Å². The van der Waals surface area contributed by atoms with Crippen molar-refractivity contribution in [1.82, 2.24) is 4.48 Å². The summed E-state index contributed by atoms with van der Waals surface area (Å²) in [6, 6.07) is 0. The van der Waals surface area contributed by atoms with Crippen LogP contribution < -0.4 is 10.2 Å². The summed E-state index contributed by atoms with van der Waals surface area (Å²) in [6.07, 6.45) is 0. The molecule has 0 spiro atoms. The third kappa shape index (κ3) is 2.42. The third-order valence-corrected chi connectivity index (χ3v) is 1.94. The van der Waals surface area contributed by atoms with E-state index in [4.69, 9.17) is 5.73 Å². The third-order valence-electron chi connectivity index (χ3n) is 1.94. The van der Waals surface area contributed by atoms with Gasteiger partial charge in [-0.1, -0.05) is 0 Å². The molecular weight excluding hydrogens is 331 g/mol. The topological polar surface area (TPSA) is 26.0 Å². The molecule has 0 heterocycles. The van der Waals surface area contributed by atoms with Gasteiger partial charge in [0.15, 0.2) is 11.6 Å². The summed E-state index contributed by atoms with van der Waals surface area (Å²) >= 11 is 0. The molecule has 1 rings (SSSR count). The van der Waals surface area contributed by atoms with Crippen molar-refractivity contribution < 1.29 is 17.6 Å². The fourth-order valence-corrected chi connectivity index (χ4v) is 1.23. The predicted molar refractivity (Wildman–Crippen MR) is 61.6 cm³/mol. The molecule has 0 saturated carbocycles. The number of anilines is 1. The monoisotopic (exact) mass is 347 g/mol. The van der Waals surface area contributed by atoms with Gasteiger partial charge in [-0.25, -0.2) is 8.78 Å². The Balaban J connectivity index is 0.00000225. The zero-order chi connectivity index (χ0) is 12.0. The molecule has 0 saturated heterocycles. The van der Waals surface area contributed by atoms with Gasteiger partial charge < -0.3 is 5.73 Å². The molecule has 92 valence electrons. The number of benzene rings is 1. The van der Waals surface area contributed by atoms with Crippen molar-refractivity contribution in [3.63, 3.8) is 0 Å². The summed E-state index contributed by atoms with van der Waals surface area (Å²) in [5.74, 6) is -6.04. The van der Waals surface area contributed by atoms with E-state index in [1.807, 2.05) is 0 Å². The Bertz CT molecular complexity index is 386. The molecule has 0 radical (unpaired) electrons. The van der Waals surface area contributed by atoms with Crippen LogP contribution in [-0.4, -0.2) is 45.1 Å². The van der Waals surface area contributed by atoms with Crippen molar-refractivity contribution in [3.05, 3.63) is 23.3 Å². The van der Waals surface area contributed by atoms with Gasteiger partial charge in [0, 0.05) is 0 Å². The van der Waals surface area contributed by atoms with Gasteiger partial charge >= 0.3 is 23.9 Å². The van der Waals surface area contributed by atoms with Crippen molar-refractivity contribution >= 4 is 35.3 Å². The maximum atomic E-state index is 13.3. The first-order valence-electron chi connectivity index (χ1n) is 4.11. The quantitative estimate of drug-likeness (QED) is 0.260. The number of nitrogens with zero attached hydrogens (tertiary/aromatic N) is 1. The van der Waals surface area contributed by atoms with Crippen molar-refractivity contribution in [3.8, 4) is 0 Å². The van der Waals surface area contributed by atoms with E-state index in [1.165, 1.54) is 21.1 Å². The number of halogens is 4. The molecule has 2 N–H and O–H groups in total. The number of hydrogen-bond donors (Lipinski definition) is 1. The van der Waals surface area contributed by atoms with E-state index in [9.17, 15) is 17.6 Å². The summed E-state index contributed by atoms with van der Waals surface area (Å²) < 4.78 is 52.4. The van der Waals surface area contributed by atoms with Gasteiger partial charge in [-0.05, 0) is 0 Å². The van der Waals surface area contributed by atoms with Gasteiger partial charge in [0.1, 0.15) is 5.69 Å². The fraction of sp³-hybridized carbons (Fsp3) is 0.333. The van der Waals surface area contributed by atoms with Crippen LogP contribution in [0.3, 0.4) is 0 Å². The van der Waals surface area contributed by atoms with Crippen LogP contribution in [0, 0.1) is 23.3 Å². The van der Waals surface area contributed by atoms with Gasteiger partial charge in [0.2, 0.25) is 17.3 Å². The standard InChI is InChI=1S/C9H11F4N2.Sn.4H/c1-15(2,3)9-6(12)4(10)8(14)5(11)7(9)13;;;;;/h14H2,1-3H3;;;;;/q+1;;;;;. The fourth-order valence-electron chi connectivity index (χ4n) is 1.23. The van der Waals surface area contributed by atoms with E-state index in [2.05, 4.69) is 0 Å². The average Bonchev–Trinajstić information content (AvgIpc) is 2.09. The van der Waals surface area contributed by atoms with E-state index < -0.39 is 34.6 Å². The van der Waals surface area contributed by atoms with Crippen LogP contribution in [-0.2, 0) is 0 Å². The summed E-state index contributed by atoms with van der Waals surface area (Å²) in [6.45, 7) is 0. The Hall–Kier alpha value is -0.501. The normalized spacial score (nSPS) is 11.2. The first-order valence-corrected chi connectivity index (χ1v) is 4.11. The molecular formula is C9H15F4N2Sn+. The SMILES string of the molecule is C[N+](C)(C)c1c(F)c(F)c(N)c(F)c1F.[SnH4]. The second-order valence-electron chi connectivity index (χ2n) is 4.03. The number of hydrogen-bond acceptors (Lipinski definition) is 1. The molecule has 0 aliphatic heterocycles. The van der Waals surface area contributed by atoms with Crippen molar-refractivity contribution in [2.45, 2.75) is 0 Å². The van der Waals surface area contributed by atoms with Gasteiger partial charge in [-0.15, -0.1) is 0 Å². The Labute approximate surface area is 108 Å². The van der Waals surface area contributed by atoms with Crippen molar-refractivity contribution in [2.24, 2.45) is 0 Å². The number of rotatable bonds is 1. The van der Waals surface area contributed by atoms with E-state index in [0.29, 0.717) is 0 Å². The summed E-state index contributed by atoms with van der Waals surface area (Å²) in [5.41, 5.74) is 3.03. The van der Waals surface area contributed by atoms with Crippen molar-refractivity contribution in [1.29, 1.82) is 0 Å². The van der Waals surface area contributed by atoms with Gasteiger partial charge in [-0.2, -0.15) is 8.78 Å². The molecule has 7 heteroatoms. The van der Waals surface area contributed by atoms with Crippen LogP contribution in [0.2, 0.25) is 0 Å². The summed E-state index contributed by atoms with van der Waals surface area (Å²) in [7, 11) is 4.16. The Kier molecular flexibility index (Phi) is 4.63. The minimum atomic E-state index is -1.56. The summed E-state index contributed by atoms with van der Waals surface area (Å²) in [4.78, 5) is 0. The zero-order valence-electron chi connectivity index (χ0n) is 8.54. The number of nitrogen functional groups attached to an aromatic ring is 1. The van der Waals surface area contributed by atoms with Crippen LogP contribution in [0.15, 0.2) is 0 Å². The van der Waals surface area contributed by atoms with Gasteiger partial charge in [-0.3, -0.25) is 4.48 Å². The average molecular weight is 346 g/mol. The van der Waals surface area contributed by atoms with Crippen molar-refractivity contribution in [2.75, 3.05) is 26.9 Å². The second kappa shape index (κ2) is 4.78. The van der Waals surface area contributed by atoms with Crippen LogP contribution in [0.4, 0.5) is 28.9 Å². The summed E-state index contributed by atoms with van der Waals surface area (Å²) in [5, 5.41) is 0. The molecule has 0 aliphatic carbocycles. The molecule has 16 heavy (non-hydrogen) atoms. The zero-order valence-corrected chi connectivity index (χ0v) is 8.54. The number of quaternary nitrogens is 1. The van der Waals surface area contributed by atoms with Gasteiger partial charge in [0.05, 0.1) is 21.1 Å². The first-order chi connectivity index (χ1) is 6.68. The Morgan fingerprint density at radius 1 is 0.812 bits per heavy atom. The maximum absolute atomic E-state index is 13.3. The molecule has 1 aromatic carbocycles. The molecule has 0 atom stereocenters. The molecule has 0 aliphatic rings. The molecule has 0 fully saturated rings. The minimum absolute atomic E-state index is 0. The predicted octanol–water partition coefficient (Wildman–Crippen LogP) is 0.570. The Morgan fingerprint density at radius 2 is 1.12 bits per heavy atom.